The summed E-state index contributed by atoms with van der Waals surface area (Å²) in [4.78, 5) is 55.7. The molecule has 0 spiro atoms. The van der Waals surface area contributed by atoms with Crippen LogP contribution in [-0.4, -0.2) is 23.6 Å². The number of anilines is 2. The van der Waals surface area contributed by atoms with Gasteiger partial charge in [-0.25, -0.2) is 4.90 Å². The van der Waals surface area contributed by atoms with E-state index in [9.17, 15) is 19.2 Å². The molecule has 0 N–H and O–H groups in total. The van der Waals surface area contributed by atoms with E-state index in [1.54, 1.807) is 6.07 Å². The molecule has 0 radical (unpaired) electrons. The van der Waals surface area contributed by atoms with Crippen LogP contribution in [0.15, 0.2) is 48.0 Å². The molecule has 0 aromatic heterocycles. The lowest BCUT2D eigenvalue weighted by atomic mass is 9.71. The van der Waals surface area contributed by atoms with Gasteiger partial charge in [-0.1, -0.05) is 23.8 Å². The Kier molecular flexibility index (Phi) is 5.50. The third kappa shape index (κ3) is 3.63. The molecular weight excluding hydrogens is 440 g/mol. The molecule has 180 valence electrons. The number of rotatable bonds is 3. The summed E-state index contributed by atoms with van der Waals surface area (Å²) < 4.78 is 0. The standard InChI is InChI=1S/C29H30N2O4/c1-15-6-8-21(11-17(15)3)30-25(32)14-23(27(30)33)20-10-19(5)26-24(13-20)28(34)31(29(26)35)22-9-7-16(2)18(4)12-22/h6-12,20,23-24,26H,13-14H2,1-5H3/t20-,23+,24-,26-/m1/s1. The van der Waals surface area contributed by atoms with Gasteiger partial charge in [-0.2, -0.15) is 0 Å². The molecule has 4 atom stereocenters. The number of nitrogens with zero attached hydrogens (tertiary/aromatic N) is 2. The quantitative estimate of drug-likeness (QED) is 0.486. The number of amides is 4. The molecule has 5 rings (SSSR count). The van der Waals surface area contributed by atoms with Crippen LogP contribution < -0.4 is 9.80 Å². The molecule has 1 aliphatic carbocycles. The molecular formula is C29H30N2O4. The second-order valence-corrected chi connectivity index (χ2v) is 10.3. The van der Waals surface area contributed by atoms with Crippen molar-refractivity contribution in [2.75, 3.05) is 9.80 Å². The number of hydrogen-bond donors (Lipinski definition) is 0. The fourth-order valence-electron chi connectivity index (χ4n) is 5.81. The van der Waals surface area contributed by atoms with Crippen molar-refractivity contribution in [2.24, 2.45) is 23.7 Å². The van der Waals surface area contributed by atoms with Gasteiger partial charge in [0.2, 0.25) is 23.6 Å². The van der Waals surface area contributed by atoms with E-state index in [1.807, 2.05) is 71.0 Å². The molecule has 2 aromatic carbocycles. The summed E-state index contributed by atoms with van der Waals surface area (Å²) in [6.45, 7) is 9.76. The number of carbonyl (C=O) groups is 4. The van der Waals surface area contributed by atoms with E-state index < -0.39 is 17.8 Å². The zero-order chi connectivity index (χ0) is 25.2. The summed E-state index contributed by atoms with van der Waals surface area (Å²) in [5, 5.41) is 0. The van der Waals surface area contributed by atoms with Crippen LogP contribution in [0.5, 0.6) is 0 Å². The number of fused-ring (bicyclic) bond motifs is 1. The molecule has 0 saturated carbocycles. The van der Waals surface area contributed by atoms with E-state index >= 15 is 0 Å². The van der Waals surface area contributed by atoms with E-state index in [2.05, 4.69) is 0 Å². The Balaban J connectivity index is 1.42. The van der Waals surface area contributed by atoms with Gasteiger partial charge < -0.3 is 0 Å². The Bertz CT molecular complexity index is 1320. The number of aryl methyl sites for hydroxylation is 4. The maximum Gasteiger partial charge on any atom is 0.241 e. The van der Waals surface area contributed by atoms with Crippen molar-refractivity contribution >= 4 is 35.0 Å². The SMILES string of the molecule is CC1=C[C@@H]([C@@H]2CC(=O)N(c3ccc(C)c(C)c3)C2=O)C[C@H]2C(=O)N(c3ccc(C)c(C)c3)C(=O)[C@H]12. The molecule has 2 fully saturated rings. The van der Waals surface area contributed by atoms with Crippen molar-refractivity contribution in [1.29, 1.82) is 0 Å². The number of imide groups is 2. The van der Waals surface area contributed by atoms with Crippen molar-refractivity contribution in [1.82, 2.24) is 0 Å². The first-order chi connectivity index (χ1) is 16.6. The van der Waals surface area contributed by atoms with Gasteiger partial charge in [-0.3, -0.25) is 24.1 Å². The van der Waals surface area contributed by atoms with E-state index in [4.69, 9.17) is 0 Å². The minimum Gasteiger partial charge on any atom is -0.274 e. The Labute approximate surface area is 205 Å². The van der Waals surface area contributed by atoms with Gasteiger partial charge in [-0.15, -0.1) is 0 Å². The summed E-state index contributed by atoms with van der Waals surface area (Å²) in [7, 11) is 0. The van der Waals surface area contributed by atoms with E-state index in [0.717, 1.165) is 27.8 Å². The van der Waals surface area contributed by atoms with Gasteiger partial charge in [0.05, 0.1) is 29.1 Å². The van der Waals surface area contributed by atoms with Gasteiger partial charge in [-0.05, 0) is 93.5 Å². The van der Waals surface area contributed by atoms with Crippen molar-refractivity contribution in [3.63, 3.8) is 0 Å². The van der Waals surface area contributed by atoms with Gasteiger partial charge in [0.1, 0.15) is 0 Å². The first-order valence-corrected chi connectivity index (χ1v) is 12.2. The Morgan fingerprint density at radius 3 is 1.77 bits per heavy atom. The smallest absolute Gasteiger partial charge is 0.241 e. The average molecular weight is 471 g/mol. The van der Waals surface area contributed by atoms with Crippen LogP contribution in [0.3, 0.4) is 0 Å². The summed E-state index contributed by atoms with van der Waals surface area (Å²) in [6, 6.07) is 11.2. The fraction of sp³-hybridized carbons (Fsp3) is 0.379. The van der Waals surface area contributed by atoms with Crippen LogP contribution in [0.1, 0.15) is 42.0 Å². The minimum absolute atomic E-state index is 0.112. The molecule has 35 heavy (non-hydrogen) atoms. The van der Waals surface area contributed by atoms with Gasteiger partial charge in [0.15, 0.2) is 0 Å². The second kappa shape index (κ2) is 8.29. The largest absolute Gasteiger partial charge is 0.274 e. The minimum atomic E-state index is -0.529. The third-order valence-electron chi connectivity index (χ3n) is 8.12. The molecule has 3 aliphatic rings. The summed E-state index contributed by atoms with van der Waals surface area (Å²) in [5.41, 5.74) is 6.22. The number of hydrogen-bond acceptors (Lipinski definition) is 4. The van der Waals surface area contributed by atoms with Gasteiger partial charge >= 0.3 is 0 Å². The van der Waals surface area contributed by atoms with Crippen LogP contribution in [-0.2, 0) is 19.2 Å². The first kappa shape index (κ1) is 23.2. The predicted octanol–water partition coefficient (Wildman–Crippen LogP) is 4.57. The third-order valence-corrected chi connectivity index (χ3v) is 8.12. The molecule has 4 amide bonds. The van der Waals surface area contributed by atoms with E-state index in [1.165, 1.54) is 9.80 Å². The molecule has 2 heterocycles. The highest BCUT2D eigenvalue weighted by molar-refractivity contribution is 6.23. The van der Waals surface area contributed by atoms with Crippen LogP contribution >= 0.6 is 0 Å². The fourth-order valence-corrected chi connectivity index (χ4v) is 5.81. The lowest BCUT2D eigenvalue weighted by Crippen LogP contribution is -2.35. The Hall–Kier alpha value is -3.54. The molecule has 6 heteroatoms. The maximum absolute atomic E-state index is 13.5. The molecule has 2 aliphatic heterocycles. The zero-order valence-electron chi connectivity index (χ0n) is 20.8. The topological polar surface area (TPSA) is 74.8 Å². The number of benzene rings is 2. The van der Waals surface area contributed by atoms with Gasteiger partial charge in [0.25, 0.3) is 0 Å². The van der Waals surface area contributed by atoms with Crippen LogP contribution in [0.4, 0.5) is 11.4 Å². The molecule has 6 nitrogen and oxygen atoms in total. The predicted molar refractivity (Wildman–Crippen MR) is 134 cm³/mol. The average Bonchev–Trinajstić information content (AvgIpc) is 3.24. The second-order valence-electron chi connectivity index (χ2n) is 10.3. The Morgan fingerprint density at radius 2 is 1.20 bits per heavy atom. The summed E-state index contributed by atoms with van der Waals surface area (Å²) in [6.07, 6.45) is 2.45. The lowest BCUT2D eigenvalue weighted by Gasteiger charge is -2.29. The highest BCUT2D eigenvalue weighted by atomic mass is 16.2. The first-order valence-electron chi connectivity index (χ1n) is 12.2. The highest BCUT2D eigenvalue weighted by Gasteiger charge is 2.54. The summed E-state index contributed by atoms with van der Waals surface area (Å²) in [5.74, 6) is -2.69. The van der Waals surface area contributed by atoms with Crippen molar-refractivity contribution in [2.45, 2.75) is 47.5 Å². The lowest BCUT2D eigenvalue weighted by molar-refractivity contribution is -0.125. The number of allylic oxidation sites excluding steroid dienone is 1. The summed E-state index contributed by atoms with van der Waals surface area (Å²) >= 11 is 0. The van der Waals surface area contributed by atoms with Crippen LogP contribution in [0, 0.1) is 51.4 Å². The molecule has 2 saturated heterocycles. The van der Waals surface area contributed by atoms with E-state index in [-0.39, 0.29) is 36.0 Å². The number of carbonyl (C=O) groups excluding carboxylic acids is 4. The van der Waals surface area contributed by atoms with Crippen LogP contribution in [0.25, 0.3) is 0 Å². The van der Waals surface area contributed by atoms with Crippen LogP contribution in [0.2, 0.25) is 0 Å². The normalized spacial score (nSPS) is 26.5. The highest BCUT2D eigenvalue weighted by Crippen LogP contribution is 2.46. The maximum atomic E-state index is 13.5. The molecule has 2 aromatic rings. The monoisotopic (exact) mass is 470 g/mol. The van der Waals surface area contributed by atoms with E-state index in [0.29, 0.717) is 17.8 Å². The van der Waals surface area contributed by atoms with Crippen molar-refractivity contribution in [3.05, 3.63) is 70.3 Å². The van der Waals surface area contributed by atoms with Crippen molar-refractivity contribution < 1.29 is 19.2 Å². The van der Waals surface area contributed by atoms with Crippen molar-refractivity contribution in [3.8, 4) is 0 Å². The zero-order valence-corrected chi connectivity index (χ0v) is 20.8. The molecule has 0 bridgehead atoms. The van der Waals surface area contributed by atoms with Gasteiger partial charge in [0, 0.05) is 6.42 Å². The Morgan fingerprint density at radius 1 is 0.657 bits per heavy atom. The molecule has 0 unspecified atom stereocenters.